The lowest BCUT2D eigenvalue weighted by Gasteiger charge is -2.29. The molecule has 0 saturated carbocycles. The van der Waals surface area contributed by atoms with Gasteiger partial charge in [0.15, 0.2) is 0 Å². The standard InChI is InChI=1S/C13H14F4O2/c14-12(5-7-18-8-6-12)9-19-11-4-2-1-3-10(11)13(15,16)17/h1-4H,5-9H2. The zero-order valence-corrected chi connectivity index (χ0v) is 10.2. The summed E-state index contributed by atoms with van der Waals surface area (Å²) in [4.78, 5) is 0. The molecule has 106 valence electrons. The summed E-state index contributed by atoms with van der Waals surface area (Å²) in [7, 11) is 0. The highest BCUT2D eigenvalue weighted by atomic mass is 19.4. The predicted molar refractivity (Wildman–Crippen MR) is 60.8 cm³/mol. The number of alkyl halides is 4. The molecule has 0 aliphatic carbocycles. The molecule has 1 aliphatic heterocycles. The third-order valence-corrected chi connectivity index (χ3v) is 3.07. The van der Waals surface area contributed by atoms with Gasteiger partial charge in [0, 0.05) is 26.1 Å². The summed E-state index contributed by atoms with van der Waals surface area (Å²) in [5, 5.41) is 0. The molecule has 0 bridgehead atoms. The first-order chi connectivity index (χ1) is 8.91. The van der Waals surface area contributed by atoms with Crippen LogP contribution in [0.2, 0.25) is 0 Å². The Labute approximate surface area is 108 Å². The monoisotopic (exact) mass is 278 g/mol. The first-order valence-electron chi connectivity index (χ1n) is 5.96. The van der Waals surface area contributed by atoms with E-state index in [1.165, 1.54) is 18.2 Å². The minimum absolute atomic E-state index is 0.140. The molecule has 1 saturated heterocycles. The van der Waals surface area contributed by atoms with Crippen molar-refractivity contribution in [2.45, 2.75) is 24.7 Å². The lowest BCUT2D eigenvalue weighted by Crippen LogP contribution is -2.37. The van der Waals surface area contributed by atoms with E-state index in [1.54, 1.807) is 0 Å². The van der Waals surface area contributed by atoms with Crippen LogP contribution >= 0.6 is 0 Å². The maximum absolute atomic E-state index is 14.2. The van der Waals surface area contributed by atoms with Gasteiger partial charge in [0.2, 0.25) is 0 Å². The zero-order chi connectivity index (χ0) is 13.9. The smallest absolute Gasteiger partial charge is 0.419 e. The fourth-order valence-corrected chi connectivity index (χ4v) is 1.92. The summed E-state index contributed by atoms with van der Waals surface area (Å²) in [6.07, 6.45) is -4.22. The van der Waals surface area contributed by atoms with Crippen LogP contribution in [-0.2, 0) is 10.9 Å². The van der Waals surface area contributed by atoms with E-state index in [1.807, 2.05) is 0 Å². The molecule has 0 radical (unpaired) electrons. The molecule has 1 aliphatic rings. The summed E-state index contributed by atoms with van der Waals surface area (Å²) in [5.74, 6) is -0.335. The minimum atomic E-state index is -4.50. The van der Waals surface area contributed by atoms with Crippen molar-refractivity contribution in [1.29, 1.82) is 0 Å². The lowest BCUT2D eigenvalue weighted by atomic mass is 9.98. The van der Waals surface area contributed by atoms with Gasteiger partial charge in [-0.15, -0.1) is 0 Å². The van der Waals surface area contributed by atoms with Crippen LogP contribution < -0.4 is 4.74 Å². The van der Waals surface area contributed by atoms with E-state index >= 15 is 0 Å². The van der Waals surface area contributed by atoms with Gasteiger partial charge in [-0.05, 0) is 12.1 Å². The topological polar surface area (TPSA) is 18.5 Å². The van der Waals surface area contributed by atoms with Crippen LogP contribution in [0.1, 0.15) is 18.4 Å². The maximum Gasteiger partial charge on any atom is 0.419 e. The van der Waals surface area contributed by atoms with Crippen LogP contribution in [0.4, 0.5) is 17.6 Å². The SMILES string of the molecule is FC1(COc2ccccc2C(F)(F)F)CCOCC1. The summed E-state index contributed by atoms with van der Waals surface area (Å²) in [5.41, 5.74) is -2.50. The van der Waals surface area contributed by atoms with Crippen molar-refractivity contribution in [3.05, 3.63) is 29.8 Å². The van der Waals surface area contributed by atoms with E-state index in [2.05, 4.69) is 0 Å². The second kappa shape index (κ2) is 5.36. The Kier molecular flexibility index (Phi) is 3.99. The van der Waals surface area contributed by atoms with Gasteiger partial charge >= 0.3 is 6.18 Å². The van der Waals surface area contributed by atoms with Gasteiger partial charge in [-0.25, -0.2) is 4.39 Å². The van der Waals surface area contributed by atoms with Crippen LogP contribution in [0.15, 0.2) is 24.3 Å². The molecule has 0 unspecified atom stereocenters. The van der Waals surface area contributed by atoms with Crippen molar-refractivity contribution in [3.63, 3.8) is 0 Å². The van der Waals surface area contributed by atoms with Gasteiger partial charge in [-0.2, -0.15) is 13.2 Å². The molecular formula is C13H14F4O2. The molecule has 0 amide bonds. The van der Waals surface area contributed by atoms with Crippen molar-refractivity contribution >= 4 is 0 Å². The number of para-hydroxylation sites is 1. The van der Waals surface area contributed by atoms with E-state index in [0.29, 0.717) is 0 Å². The second-order valence-electron chi connectivity index (χ2n) is 4.55. The van der Waals surface area contributed by atoms with Crippen molar-refractivity contribution in [2.75, 3.05) is 19.8 Å². The average molecular weight is 278 g/mol. The zero-order valence-electron chi connectivity index (χ0n) is 10.2. The molecule has 1 aromatic carbocycles. The summed E-state index contributed by atoms with van der Waals surface area (Å²) >= 11 is 0. The van der Waals surface area contributed by atoms with E-state index < -0.39 is 17.4 Å². The van der Waals surface area contributed by atoms with Gasteiger partial charge in [-0.3, -0.25) is 0 Å². The van der Waals surface area contributed by atoms with Gasteiger partial charge < -0.3 is 9.47 Å². The first-order valence-corrected chi connectivity index (χ1v) is 5.96. The summed E-state index contributed by atoms with van der Waals surface area (Å²) in [6.45, 7) is 0.144. The fraction of sp³-hybridized carbons (Fsp3) is 0.538. The van der Waals surface area contributed by atoms with E-state index in [-0.39, 0.29) is 38.4 Å². The van der Waals surface area contributed by atoms with Gasteiger partial charge in [-0.1, -0.05) is 12.1 Å². The summed E-state index contributed by atoms with van der Waals surface area (Å²) in [6, 6.07) is 4.82. The molecule has 1 fully saturated rings. The quantitative estimate of drug-likeness (QED) is 0.786. The van der Waals surface area contributed by atoms with Crippen LogP contribution in [0.3, 0.4) is 0 Å². The van der Waals surface area contributed by atoms with Gasteiger partial charge in [0.05, 0.1) is 5.56 Å². The predicted octanol–water partition coefficient (Wildman–Crippen LogP) is 3.60. The fourth-order valence-electron chi connectivity index (χ4n) is 1.92. The number of rotatable bonds is 3. The largest absolute Gasteiger partial charge is 0.490 e. The normalized spacial score (nSPS) is 19.2. The van der Waals surface area contributed by atoms with Gasteiger partial charge in [0.1, 0.15) is 18.0 Å². The van der Waals surface area contributed by atoms with E-state index in [9.17, 15) is 17.6 Å². The Bertz CT molecular complexity index is 425. The molecule has 1 heterocycles. The van der Waals surface area contributed by atoms with Gasteiger partial charge in [0.25, 0.3) is 0 Å². The molecule has 0 N–H and O–H groups in total. The van der Waals surface area contributed by atoms with Crippen LogP contribution in [0.25, 0.3) is 0 Å². The summed E-state index contributed by atoms with van der Waals surface area (Å²) < 4.78 is 62.4. The molecule has 19 heavy (non-hydrogen) atoms. The maximum atomic E-state index is 14.2. The Morgan fingerprint density at radius 1 is 1.16 bits per heavy atom. The lowest BCUT2D eigenvalue weighted by molar-refractivity contribution is -0.139. The van der Waals surface area contributed by atoms with Crippen molar-refractivity contribution in [2.24, 2.45) is 0 Å². The molecule has 2 rings (SSSR count). The van der Waals surface area contributed by atoms with Crippen molar-refractivity contribution in [3.8, 4) is 5.75 Å². The van der Waals surface area contributed by atoms with Crippen molar-refractivity contribution in [1.82, 2.24) is 0 Å². The van der Waals surface area contributed by atoms with E-state index in [4.69, 9.17) is 9.47 Å². The van der Waals surface area contributed by atoms with Crippen LogP contribution in [-0.4, -0.2) is 25.5 Å². The first kappa shape index (κ1) is 14.1. The van der Waals surface area contributed by atoms with Crippen molar-refractivity contribution < 1.29 is 27.0 Å². The second-order valence-corrected chi connectivity index (χ2v) is 4.55. The Hall–Kier alpha value is -1.30. The highest BCUT2D eigenvalue weighted by Crippen LogP contribution is 2.36. The highest BCUT2D eigenvalue weighted by molar-refractivity contribution is 5.35. The molecule has 2 nitrogen and oxygen atoms in total. The molecule has 0 atom stereocenters. The molecule has 6 heteroatoms. The minimum Gasteiger partial charge on any atom is -0.490 e. The number of halogens is 4. The average Bonchev–Trinajstić information content (AvgIpc) is 2.37. The third kappa shape index (κ3) is 3.59. The Morgan fingerprint density at radius 3 is 2.42 bits per heavy atom. The third-order valence-electron chi connectivity index (χ3n) is 3.07. The molecule has 1 aromatic rings. The number of hydrogen-bond acceptors (Lipinski definition) is 2. The Morgan fingerprint density at radius 2 is 1.79 bits per heavy atom. The van der Waals surface area contributed by atoms with Crippen LogP contribution in [0, 0.1) is 0 Å². The number of benzene rings is 1. The highest BCUT2D eigenvalue weighted by Gasteiger charge is 2.36. The molecular weight excluding hydrogens is 264 g/mol. The Balaban J connectivity index is 2.07. The molecule has 0 aromatic heterocycles. The molecule has 0 spiro atoms. The van der Waals surface area contributed by atoms with Crippen LogP contribution in [0.5, 0.6) is 5.75 Å². The number of ether oxygens (including phenoxy) is 2. The number of hydrogen-bond donors (Lipinski definition) is 0. The van der Waals surface area contributed by atoms with E-state index in [0.717, 1.165) is 6.07 Å².